The van der Waals surface area contributed by atoms with Gasteiger partial charge in [0.25, 0.3) is 0 Å². The van der Waals surface area contributed by atoms with Crippen molar-refractivity contribution in [1.82, 2.24) is 15.5 Å². The molecule has 1 aliphatic rings. The molecular weight excluding hydrogens is 270 g/mol. The van der Waals surface area contributed by atoms with E-state index in [4.69, 9.17) is 0 Å². The zero-order valence-corrected chi connectivity index (χ0v) is 12.1. The number of rotatable bonds is 4. The topological polar surface area (TPSA) is 81.7 Å². The van der Waals surface area contributed by atoms with Crippen molar-refractivity contribution in [1.29, 1.82) is 0 Å². The van der Waals surface area contributed by atoms with E-state index < -0.39 is 12.0 Å². The van der Waals surface area contributed by atoms with Gasteiger partial charge >= 0.3 is 12.0 Å². The zero-order chi connectivity index (χ0) is 15.2. The Hall–Kier alpha value is -2.08. The van der Waals surface area contributed by atoms with Gasteiger partial charge in [-0.2, -0.15) is 0 Å². The van der Waals surface area contributed by atoms with Crippen LogP contribution in [0, 0.1) is 0 Å². The van der Waals surface area contributed by atoms with Crippen LogP contribution in [-0.2, 0) is 4.79 Å². The second kappa shape index (κ2) is 7.08. The quantitative estimate of drug-likeness (QED) is 0.778. The first-order valence-electron chi connectivity index (χ1n) is 7.11. The molecule has 1 atom stereocenters. The molecule has 1 saturated heterocycles. The molecule has 0 aliphatic carbocycles. The highest BCUT2D eigenvalue weighted by Gasteiger charge is 2.27. The molecular formula is C15H21N3O3. The Morgan fingerprint density at radius 3 is 2.48 bits per heavy atom. The molecule has 1 aliphatic heterocycles. The van der Waals surface area contributed by atoms with Crippen LogP contribution in [0.25, 0.3) is 0 Å². The SMILES string of the molecule is CN(C(=O)N[C@H](C(=O)O)c1ccccc1)C1CCNCC1. The number of piperidine rings is 1. The van der Waals surface area contributed by atoms with Crippen LogP contribution in [0.2, 0.25) is 0 Å². The van der Waals surface area contributed by atoms with Gasteiger partial charge in [0.05, 0.1) is 0 Å². The molecule has 1 heterocycles. The summed E-state index contributed by atoms with van der Waals surface area (Å²) in [6.07, 6.45) is 1.76. The minimum absolute atomic E-state index is 0.150. The van der Waals surface area contributed by atoms with Gasteiger partial charge in [-0.05, 0) is 31.5 Å². The molecule has 2 amide bonds. The molecule has 0 radical (unpaired) electrons. The van der Waals surface area contributed by atoms with Crippen LogP contribution in [0.15, 0.2) is 30.3 Å². The van der Waals surface area contributed by atoms with Crippen molar-refractivity contribution in [2.75, 3.05) is 20.1 Å². The molecule has 3 N–H and O–H groups in total. The Bertz CT molecular complexity index is 486. The van der Waals surface area contributed by atoms with E-state index in [-0.39, 0.29) is 12.1 Å². The summed E-state index contributed by atoms with van der Waals surface area (Å²) >= 11 is 0. The van der Waals surface area contributed by atoms with Crippen molar-refractivity contribution in [3.05, 3.63) is 35.9 Å². The number of carboxylic acid groups (broad SMARTS) is 1. The smallest absolute Gasteiger partial charge is 0.330 e. The first-order chi connectivity index (χ1) is 10.1. The highest BCUT2D eigenvalue weighted by Crippen LogP contribution is 2.15. The summed E-state index contributed by atoms with van der Waals surface area (Å²) in [6.45, 7) is 1.76. The maximum Gasteiger partial charge on any atom is 0.330 e. The molecule has 0 bridgehead atoms. The second-order valence-electron chi connectivity index (χ2n) is 5.22. The average molecular weight is 291 g/mol. The van der Waals surface area contributed by atoms with Gasteiger partial charge in [0, 0.05) is 13.1 Å². The van der Waals surface area contributed by atoms with E-state index in [1.165, 1.54) is 0 Å². The summed E-state index contributed by atoms with van der Waals surface area (Å²) in [6, 6.07) is 7.50. The van der Waals surface area contributed by atoms with Gasteiger partial charge in [-0.3, -0.25) is 0 Å². The van der Waals surface area contributed by atoms with Crippen LogP contribution in [0.3, 0.4) is 0 Å². The van der Waals surface area contributed by atoms with Crippen molar-refractivity contribution >= 4 is 12.0 Å². The highest BCUT2D eigenvalue weighted by atomic mass is 16.4. The zero-order valence-electron chi connectivity index (χ0n) is 12.1. The largest absolute Gasteiger partial charge is 0.479 e. The summed E-state index contributed by atoms with van der Waals surface area (Å²) in [4.78, 5) is 25.3. The third-order valence-corrected chi connectivity index (χ3v) is 3.82. The van der Waals surface area contributed by atoms with Gasteiger partial charge in [-0.1, -0.05) is 30.3 Å². The predicted octanol–water partition coefficient (Wildman–Crippen LogP) is 1.21. The molecule has 1 aromatic carbocycles. The molecule has 1 aromatic rings. The first kappa shape index (κ1) is 15.3. The minimum atomic E-state index is -1.06. The second-order valence-corrected chi connectivity index (χ2v) is 5.22. The number of carbonyl (C=O) groups is 2. The van der Waals surface area contributed by atoms with Gasteiger partial charge < -0.3 is 20.6 Å². The van der Waals surface area contributed by atoms with Crippen LogP contribution >= 0.6 is 0 Å². The number of nitrogens with one attached hydrogen (secondary N) is 2. The number of hydrogen-bond acceptors (Lipinski definition) is 3. The number of urea groups is 1. The van der Waals surface area contributed by atoms with Crippen LogP contribution in [0.1, 0.15) is 24.4 Å². The number of hydrogen-bond donors (Lipinski definition) is 3. The fourth-order valence-corrected chi connectivity index (χ4v) is 2.52. The van der Waals surface area contributed by atoms with E-state index in [1.807, 2.05) is 6.07 Å². The third-order valence-electron chi connectivity index (χ3n) is 3.82. The van der Waals surface area contributed by atoms with Gasteiger partial charge in [0.2, 0.25) is 0 Å². The maximum atomic E-state index is 12.3. The summed E-state index contributed by atoms with van der Waals surface area (Å²) in [5.74, 6) is -1.06. The molecule has 6 heteroatoms. The summed E-state index contributed by atoms with van der Waals surface area (Å²) in [5.41, 5.74) is 0.567. The van der Waals surface area contributed by atoms with Crippen LogP contribution in [-0.4, -0.2) is 48.2 Å². The van der Waals surface area contributed by atoms with E-state index in [9.17, 15) is 14.7 Å². The third kappa shape index (κ3) is 3.95. The number of amides is 2. The first-order valence-corrected chi connectivity index (χ1v) is 7.11. The molecule has 0 unspecified atom stereocenters. The molecule has 1 fully saturated rings. The van der Waals surface area contributed by atoms with Gasteiger partial charge in [0.1, 0.15) is 0 Å². The van der Waals surface area contributed by atoms with Crippen LogP contribution in [0.5, 0.6) is 0 Å². The molecule has 6 nitrogen and oxygen atoms in total. The Kier molecular flexibility index (Phi) is 5.16. The van der Waals surface area contributed by atoms with Crippen LogP contribution in [0.4, 0.5) is 4.79 Å². The molecule has 0 saturated carbocycles. The van der Waals surface area contributed by atoms with E-state index in [2.05, 4.69) is 10.6 Å². The molecule has 0 spiro atoms. The Balaban J connectivity index is 2.03. The van der Waals surface area contributed by atoms with E-state index in [0.717, 1.165) is 25.9 Å². The average Bonchev–Trinajstić information content (AvgIpc) is 2.53. The summed E-state index contributed by atoms with van der Waals surface area (Å²) < 4.78 is 0. The Morgan fingerprint density at radius 1 is 1.29 bits per heavy atom. The fourth-order valence-electron chi connectivity index (χ4n) is 2.52. The van der Waals surface area contributed by atoms with Crippen molar-refractivity contribution in [3.8, 4) is 0 Å². The molecule has 2 rings (SSSR count). The molecule has 21 heavy (non-hydrogen) atoms. The maximum absolute atomic E-state index is 12.3. The highest BCUT2D eigenvalue weighted by molar-refractivity contribution is 5.83. The Morgan fingerprint density at radius 2 is 1.90 bits per heavy atom. The van der Waals surface area contributed by atoms with E-state index >= 15 is 0 Å². The normalized spacial score (nSPS) is 17.0. The standard InChI is InChI=1S/C15H21N3O3/c1-18(12-7-9-16-10-8-12)15(21)17-13(14(19)20)11-5-3-2-4-6-11/h2-6,12-13,16H,7-10H2,1H3,(H,17,21)(H,19,20)/t13-/m0/s1. The fraction of sp³-hybridized carbons (Fsp3) is 0.467. The number of benzene rings is 1. The lowest BCUT2D eigenvalue weighted by molar-refractivity contribution is -0.139. The van der Waals surface area contributed by atoms with Gasteiger partial charge in [-0.25, -0.2) is 9.59 Å². The number of carboxylic acids is 1. The van der Waals surface area contributed by atoms with Gasteiger partial charge in [-0.15, -0.1) is 0 Å². The van der Waals surface area contributed by atoms with Crippen molar-refractivity contribution < 1.29 is 14.7 Å². The lowest BCUT2D eigenvalue weighted by Gasteiger charge is -2.32. The predicted molar refractivity (Wildman–Crippen MR) is 79.0 cm³/mol. The molecule has 0 aromatic heterocycles. The summed E-state index contributed by atoms with van der Waals surface area (Å²) in [7, 11) is 1.72. The Labute approximate surface area is 124 Å². The molecule has 114 valence electrons. The van der Waals surface area contributed by atoms with E-state index in [0.29, 0.717) is 5.56 Å². The number of aliphatic carboxylic acids is 1. The van der Waals surface area contributed by atoms with E-state index in [1.54, 1.807) is 36.2 Å². The lowest BCUT2D eigenvalue weighted by atomic mass is 10.1. The van der Waals surface area contributed by atoms with Crippen molar-refractivity contribution in [3.63, 3.8) is 0 Å². The van der Waals surface area contributed by atoms with Crippen molar-refractivity contribution in [2.24, 2.45) is 0 Å². The van der Waals surface area contributed by atoms with Crippen LogP contribution < -0.4 is 10.6 Å². The number of carbonyl (C=O) groups excluding carboxylic acids is 1. The monoisotopic (exact) mass is 291 g/mol. The number of nitrogens with zero attached hydrogens (tertiary/aromatic N) is 1. The van der Waals surface area contributed by atoms with Gasteiger partial charge in [0.15, 0.2) is 6.04 Å². The van der Waals surface area contributed by atoms with Crippen molar-refractivity contribution in [2.45, 2.75) is 24.9 Å². The lowest BCUT2D eigenvalue weighted by Crippen LogP contribution is -2.49. The minimum Gasteiger partial charge on any atom is -0.479 e. The summed E-state index contributed by atoms with van der Waals surface area (Å²) in [5, 5.41) is 15.2.